The van der Waals surface area contributed by atoms with Crippen LogP contribution in [0.25, 0.3) is 11.3 Å². The largest absolute Gasteiger partial charge is 0.379 e. The number of amides is 2. The molecule has 180 valence electrons. The first-order chi connectivity index (χ1) is 16.5. The Hall–Kier alpha value is -3.01. The maximum Gasteiger partial charge on any atom is 0.314 e. The highest BCUT2D eigenvalue weighted by Crippen LogP contribution is 2.23. The Kier molecular flexibility index (Phi) is 8.10. The molecule has 3 aromatic rings. The van der Waals surface area contributed by atoms with Crippen molar-refractivity contribution in [3.63, 3.8) is 0 Å². The molecule has 0 bridgehead atoms. The van der Waals surface area contributed by atoms with Gasteiger partial charge in [-0.05, 0) is 47.9 Å². The molecule has 1 aromatic heterocycles. The van der Waals surface area contributed by atoms with E-state index in [1.807, 2.05) is 0 Å². The number of rotatable bonds is 7. The second kappa shape index (κ2) is 11.4. The van der Waals surface area contributed by atoms with Crippen LogP contribution in [-0.4, -0.2) is 55.4 Å². The van der Waals surface area contributed by atoms with E-state index in [0.29, 0.717) is 24.3 Å². The molecule has 1 aliphatic heterocycles. The molecule has 4 rings (SSSR count). The monoisotopic (exact) mass is 483 g/mol. The van der Waals surface area contributed by atoms with Crippen molar-refractivity contribution in [2.75, 3.05) is 39.9 Å². The Morgan fingerprint density at radius 1 is 1.21 bits per heavy atom. The molecule has 9 heteroatoms. The number of morpholine rings is 1. The number of benzene rings is 2. The predicted octanol–water partition coefficient (Wildman–Crippen LogP) is 3.66. The first-order valence-corrected chi connectivity index (χ1v) is 12.3. The molecule has 2 heterocycles. The van der Waals surface area contributed by atoms with Crippen molar-refractivity contribution in [3.8, 4) is 11.3 Å². The van der Waals surface area contributed by atoms with E-state index >= 15 is 0 Å². The van der Waals surface area contributed by atoms with Gasteiger partial charge in [0.15, 0.2) is 4.80 Å². The van der Waals surface area contributed by atoms with Gasteiger partial charge in [-0.25, -0.2) is 14.2 Å². The minimum absolute atomic E-state index is 0.225. The van der Waals surface area contributed by atoms with Crippen LogP contribution in [-0.2, 0) is 17.8 Å². The standard InChI is InChI=1S/C25H30FN5O2S/c1-18-14-21(6-7-22(18)26)29-25-31(9-8-28-24(32)27-2)23(17-34-25)20-5-3-4-19(15-20)16-30-10-12-33-13-11-30/h3-7,14-15,17H,8-13,16H2,1-2H3,(H2,27,28,32)/b29-25-. The molecule has 34 heavy (non-hydrogen) atoms. The Morgan fingerprint density at radius 3 is 2.79 bits per heavy atom. The third-order valence-corrected chi connectivity index (χ3v) is 6.61. The summed E-state index contributed by atoms with van der Waals surface area (Å²) in [5, 5.41) is 7.51. The van der Waals surface area contributed by atoms with Crippen LogP contribution in [0.15, 0.2) is 52.8 Å². The van der Waals surface area contributed by atoms with Crippen LogP contribution in [0.2, 0.25) is 0 Å². The summed E-state index contributed by atoms with van der Waals surface area (Å²) in [7, 11) is 1.59. The summed E-state index contributed by atoms with van der Waals surface area (Å²) in [6.07, 6.45) is 0. The van der Waals surface area contributed by atoms with Crippen molar-refractivity contribution in [2.45, 2.75) is 20.0 Å². The predicted molar refractivity (Wildman–Crippen MR) is 133 cm³/mol. The number of carbonyl (C=O) groups is 1. The summed E-state index contributed by atoms with van der Waals surface area (Å²) in [4.78, 5) is 19.6. The van der Waals surface area contributed by atoms with Gasteiger partial charge in [-0.3, -0.25) is 4.90 Å². The molecule has 7 nitrogen and oxygen atoms in total. The first kappa shape index (κ1) is 24.1. The van der Waals surface area contributed by atoms with Crippen LogP contribution in [0.3, 0.4) is 0 Å². The summed E-state index contributed by atoms with van der Waals surface area (Å²) >= 11 is 1.53. The fourth-order valence-electron chi connectivity index (χ4n) is 3.89. The van der Waals surface area contributed by atoms with Crippen LogP contribution in [0.5, 0.6) is 0 Å². The topological polar surface area (TPSA) is 70.9 Å². The fourth-order valence-corrected chi connectivity index (χ4v) is 4.85. The van der Waals surface area contributed by atoms with Gasteiger partial charge in [0.05, 0.1) is 24.6 Å². The van der Waals surface area contributed by atoms with Gasteiger partial charge < -0.3 is 19.9 Å². The lowest BCUT2D eigenvalue weighted by atomic mass is 10.1. The summed E-state index contributed by atoms with van der Waals surface area (Å²) < 4.78 is 21.3. The van der Waals surface area contributed by atoms with E-state index in [0.717, 1.165) is 48.9 Å². The number of hydrogen-bond donors (Lipinski definition) is 2. The SMILES string of the molecule is CNC(=O)NCCn1c(-c2cccc(CN3CCOCC3)c2)cs/c1=N\c1ccc(F)c(C)c1. The summed E-state index contributed by atoms with van der Waals surface area (Å²) in [6, 6.07) is 13.2. The fraction of sp³-hybridized carbons (Fsp3) is 0.360. The molecule has 1 saturated heterocycles. The average molecular weight is 484 g/mol. The van der Waals surface area contributed by atoms with E-state index in [2.05, 4.69) is 49.7 Å². The zero-order chi connectivity index (χ0) is 23.9. The van der Waals surface area contributed by atoms with Gasteiger partial charge in [0.1, 0.15) is 5.82 Å². The van der Waals surface area contributed by atoms with Gasteiger partial charge in [0.2, 0.25) is 0 Å². The molecule has 0 aliphatic carbocycles. The Bertz CT molecular complexity index is 1200. The molecule has 0 radical (unpaired) electrons. The van der Waals surface area contributed by atoms with Gasteiger partial charge in [0.25, 0.3) is 0 Å². The smallest absolute Gasteiger partial charge is 0.314 e. The molecular formula is C25H30FN5O2S. The highest BCUT2D eigenvalue weighted by molar-refractivity contribution is 7.07. The van der Waals surface area contributed by atoms with E-state index in [1.165, 1.54) is 23.0 Å². The number of thiazole rings is 1. The van der Waals surface area contributed by atoms with Gasteiger partial charge in [-0.1, -0.05) is 18.2 Å². The van der Waals surface area contributed by atoms with Crippen molar-refractivity contribution in [3.05, 3.63) is 69.6 Å². The minimum atomic E-state index is -0.245. The molecule has 1 aliphatic rings. The van der Waals surface area contributed by atoms with Crippen molar-refractivity contribution in [1.82, 2.24) is 20.1 Å². The highest BCUT2D eigenvalue weighted by atomic mass is 32.1. The highest BCUT2D eigenvalue weighted by Gasteiger charge is 2.13. The summed E-state index contributed by atoms with van der Waals surface area (Å²) in [5.74, 6) is -0.245. The normalized spacial score (nSPS) is 14.9. The lowest BCUT2D eigenvalue weighted by molar-refractivity contribution is 0.0342. The number of nitrogens with one attached hydrogen (secondary N) is 2. The number of nitrogens with zero attached hydrogens (tertiary/aromatic N) is 3. The van der Waals surface area contributed by atoms with E-state index in [-0.39, 0.29) is 11.8 Å². The number of carbonyl (C=O) groups excluding carboxylic acids is 1. The molecule has 1 fully saturated rings. The molecule has 0 spiro atoms. The van der Waals surface area contributed by atoms with Gasteiger partial charge >= 0.3 is 6.03 Å². The number of halogens is 1. The van der Waals surface area contributed by atoms with E-state index in [4.69, 9.17) is 9.73 Å². The second-order valence-corrected chi connectivity index (χ2v) is 9.03. The number of aromatic nitrogens is 1. The second-order valence-electron chi connectivity index (χ2n) is 8.20. The van der Waals surface area contributed by atoms with E-state index in [1.54, 1.807) is 26.1 Å². The summed E-state index contributed by atoms with van der Waals surface area (Å²) in [6.45, 7) is 7.04. The third-order valence-electron chi connectivity index (χ3n) is 5.74. The van der Waals surface area contributed by atoms with Crippen molar-refractivity contribution in [1.29, 1.82) is 0 Å². The third kappa shape index (κ3) is 6.11. The van der Waals surface area contributed by atoms with Crippen LogP contribution in [0, 0.1) is 12.7 Å². The lowest BCUT2D eigenvalue weighted by Gasteiger charge is -2.26. The van der Waals surface area contributed by atoms with Crippen molar-refractivity contribution >= 4 is 23.1 Å². The first-order valence-electron chi connectivity index (χ1n) is 11.4. The van der Waals surface area contributed by atoms with Gasteiger partial charge in [-0.2, -0.15) is 0 Å². The van der Waals surface area contributed by atoms with Crippen molar-refractivity contribution < 1.29 is 13.9 Å². The quantitative estimate of drug-likeness (QED) is 0.539. The minimum Gasteiger partial charge on any atom is -0.379 e. The van der Waals surface area contributed by atoms with Crippen LogP contribution in [0.1, 0.15) is 11.1 Å². The molecule has 2 N–H and O–H groups in total. The maximum atomic E-state index is 13.7. The molecule has 0 atom stereocenters. The zero-order valence-corrected chi connectivity index (χ0v) is 20.3. The molecule has 2 amide bonds. The Morgan fingerprint density at radius 2 is 2.03 bits per heavy atom. The Balaban J connectivity index is 1.66. The Labute approximate surface area is 202 Å². The molecule has 0 unspecified atom stereocenters. The van der Waals surface area contributed by atoms with Crippen LogP contribution in [0.4, 0.5) is 14.9 Å². The van der Waals surface area contributed by atoms with E-state index in [9.17, 15) is 9.18 Å². The molecule has 2 aromatic carbocycles. The zero-order valence-electron chi connectivity index (χ0n) is 19.5. The van der Waals surface area contributed by atoms with Crippen LogP contribution >= 0.6 is 11.3 Å². The van der Waals surface area contributed by atoms with Gasteiger partial charge in [-0.15, -0.1) is 11.3 Å². The average Bonchev–Trinajstić information content (AvgIpc) is 3.24. The van der Waals surface area contributed by atoms with Crippen molar-refractivity contribution in [2.24, 2.45) is 4.99 Å². The number of aryl methyl sites for hydroxylation is 1. The van der Waals surface area contributed by atoms with E-state index < -0.39 is 0 Å². The molecular weight excluding hydrogens is 453 g/mol. The lowest BCUT2D eigenvalue weighted by Crippen LogP contribution is -2.36. The maximum absolute atomic E-state index is 13.7. The molecule has 0 saturated carbocycles. The summed E-state index contributed by atoms with van der Waals surface area (Å²) in [5.41, 5.74) is 4.63. The van der Waals surface area contributed by atoms with Crippen LogP contribution < -0.4 is 15.4 Å². The number of ether oxygens (including phenoxy) is 1. The number of hydrogen-bond acceptors (Lipinski definition) is 5. The number of urea groups is 1. The van der Waals surface area contributed by atoms with Gasteiger partial charge in [0, 0.05) is 45.2 Å².